The summed E-state index contributed by atoms with van der Waals surface area (Å²) in [6, 6.07) is 22.9. The molecule has 0 bridgehead atoms. The van der Waals surface area contributed by atoms with Crippen molar-refractivity contribution in [3.8, 4) is 11.1 Å². The van der Waals surface area contributed by atoms with Gasteiger partial charge in [0.05, 0.1) is 6.04 Å². The fourth-order valence-corrected chi connectivity index (χ4v) is 3.96. The molecule has 0 spiro atoms. The minimum absolute atomic E-state index is 0.0365. The van der Waals surface area contributed by atoms with E-state index in [-0.39, 0.29) is 11.9 Å². The number of aromatic nitrogens is 1. The highest BCUT2D eigenvalue weighted by molar-refractivity contribution is 5.97. The van der Waals surface area contributed by atoms with E-state index in [0.717, 1.165) is 22.2 Å². The number of H-pyrrole nitrogens is 1. The molecule has 3 aromatic carbocycles. The summed E-state index contributed by atoms with van der Waals surface area (Å²) < 4.78 is 0. The largest absolute Gasteiger partial charge is 0.361 e. The van der Waals surface area contributed by atoms with Gasteiger partial charge in [-0.25, -0.2) is 0 Å². The minimum Gasteiger partial charge on any atom is -0.361 e. The van der Waals surface area contributed by atoms with Crippen molar-refractivity contribution in [2.75, 3.05) is 0 Å². The molecule has 1 heterocycles. The van der Waals surface area contributed by atoms with Crippen LogP contribution in [0.15, 0.2) is 78.5 Å². The second-order valence-corrected chi connectivity index (χ2v) is 8.24. The Hall–Kier alpha value is -3.59. The molecule has 3 heteroatoms. The van der Waals surface area contributed by atoms with Gasteiger partial charge in [0.15, 0.2) is 0 Å². The summed E-state index contributed by atoms with van der Waals surface area (Å²) in [6.45, 7) is 8.10. The van der Waals surface area contributed by atoms with Crippen molar-refractivity contribution >= 4 is 22.9 Å². The smallest absolute Gasteiger partial charge is 0.247 e. The molecular weight excluding hydrogens is 380 g/mol. The van der Waals surface area contributed by atoms with E-state index in [1.165, 1.54) is 22.1 Å². The Balaban J connectivity index is 1.57. The molecule has 1 amide bonds. The van der Waals surface area contributed by atoms with E-state index in [1.807, 2.05) is 56.5 Å². The van der Waals surface area contributed by atoms with Gasteiger partial charge >= 0.3 is 0 Å². The summed E-state index contributed by atoms with van der Waals surface area (Å²) in [5, 5.41) is 4.30. The molecule has 31 heavy (non-hydrogen) atoms. The van der Waals surface area contributed by atoms with Crippen molar-refractivity contribution in [2.45, 2.75) is 33.7 Å². The molecule has 0 unspecified atom stereocenters. The molecule has 1 aromatic heterocycles. The van der Waals surface area contributed by atoms with Crippen LogP contribution in [0.3, 0.4) is 0 Å². The number of nitrogens with one attached hydrogen (secondary N) is 2. The van der Waals surface area contributed by atoms with Crippen LogP contribution in [0.4, 0.5) is 0 Å². The van der Waals surface area contributed by atoms with Crippen LogP contribution < -0.4 is 5.32 Å². The van der Waals surface area contributed by atoms with Gasteiger partial charge in [0.1, 0.15) is 0 Å². The van der Waals surface area contributed by atoms with Crippen LogP contribution in [0.25, 0.3) is 28.1 Å². The Kier molecular flexibility index (Phi) is 5.77. The van der Waals surface area contributed by atoms with Crippen LogP contribution in [0.1, 0.15) is 42.1 Å². The Labute approximate surface area is 183 Å². The Morgan fingerprint density at radius 1 is 0.968 bits per heavy atom. The normalized spacial score (nSPS) is 12.7. The summed E-state index contributed by atoms with van der Waals surface area (Å²) >= 11 is 0. The van der Waals surface area contributed by atoms with Crippen molar-refractivity contribution in [1.82, 2.24) is 10.3 Å². The Bertz CT molecular complexity index is 1260. The van der Waals surface area contributed by atoms with Crippen molar-refractivity contribution < 1.29 is 4.79 Å². The third-order valence-electron chi connectivity index (χ3n) is 5.85. The summed E-state index contributed by atoms with van der Waals surface area (Å²) in [6.07, 6.45) is 3.95. The van der Waals surface area contributed by atoms with Gasteiger partial charge in [-0.3, -0.25) is 4.79 Å². The second-order valence-electron chi connectivity index (χ2n) is 8.24. The molecule has 4 rings (SSSR count). The summed E-state index contributed by atoms with van der Waals surface area (Å²) in [7, 11) is 0. The molecule has 0 aliphatic carbocycles. The lowest BCUT2D eigenvalue weighted by Crippen LogP contribution is -2.27. The van der Waals surface area contributed by atoms with Gasteiger partial charge in [-0.05, 0) is 90.7 Å². The fraction of sp³-hybridized carbons (Fsp3) is 0.179. The number of hydrogen-bond acceptors (Lipinski definition) is 1. The van der Waals surface area contributed by atoms with E-state index in [9.17, 15) is 4.79 Å². The molecule has 0 aliphatic heterocycles. The van der Waals surface area contributed by atoms with Crippen LogP contribution in [-0.2, 0) is 4.79 Å². The van der Waals surface area contributed by atoms with Crippen LogP contribution >= 0.6 is 0 Å². The zero-order valence-electron chi connectivity index (χ0n) is 18.5. The van der Waals surface area contributed by atoms with Crippen molar-refractivity contribution in [2.24, 2.45) is 0 Å². The molecular formula is C28H28N2O. The number of fused-ring (bicyclic) bond motifs is 1. The van der Waals surface area contributed by atoms with Gasteiger partial charge in [-0.1, -0.05) is 48.5 Å². The number of hydrogen-bond donors (Lipinski definition) is 2. The van der Waals surface area contributed by atoms with E-state index in [2.05, 4.69) is 60.5 Å². The lowest BCUT2D eigenvalue weighted by atomic mass is 9.93. The Morgan fingerprint density at radius 3 is 2.52 bits per heavy atom. The maximum Gasteiger partial charge on any atom is 0.247 e. The predicted octanol–water partition coefficient (Wildman–Crippen LogP) is 6.73. The predicted molar refractivity (Wildman–Crippen MR) is 130 cm³/mol. The van der Waals surface area contributed by atoms with Crippen LogP contribution in [-0.4, -0.2) is 10.9 Å². The summed E-state index contributed by atoms with van der Waals surface area (Å²) in [4.78, 5) is 16.0. The molecule has 0 saturated carbocycles. The van der Waals surface area contributed by atoms with Crippen molar-refractivity contribution in [1.29, 1.82) is 0 Å². The number of benzene rings is 3. The molecule has 3 nitrogen and oxygen atoms in total. The van der Waals surface area contributed by atoms with Crippen molar-refractivity contribution in [3.63, 3.8) is 0 Å². The third-order valence-corrected chi connectivity index (χ3v) is 5.85. The number of carbonyl (C=O) groups is 1. The lowest BCUT2D eigenvalue weighted by molar-refractivity contribution is -0.118. The van der Waals surface area contributed by atoms with E-state index in [0.29, 0.717) is 5.57 Å². The average molecular weight is 409 g/mol. The number of rotatable bonds is 5. The first-order valence-electron chi connectivity index (χ1n) is 10.7. The molecule has 0 aliphatic rings. The van der Waals surface area contributed by atoms with E-state index < -0.39 is 0 Å². The van der Waals surface area contributed by atoms with E-state index >= 15 is 0 Å². The van der Waals surface area contributed by atoms with Gasteiger partial charge in [-0.15, -0.1) is 0 Å². The summed E-state index contributed by atoms with van der Waals surface area (Å²) in [5.74, 6) is -0.0459. The molecule has 0 radical (unpaired) electrons. The van der Waals surface area contributed by atoms with Gasteiger partial charge in [-0.2, -0.15) is 0 Å². The first-order chi connectivity index (χ1) is 14.9. The van der Waals surface area contributed by atoms with E-state index in [4.69, 9.17) is 0 Å². The average Bonchev–Trinajstić information content (AvgIpc) is 3.24. The topological polar surface area (TPSA) is 44.9 Å². The third kappa shape index (κ3) is 4.46. The highest BCUT2D eigenvalue weighted by Crippen LogP contribution is 2.30. The van der Waals surface area contributed by atoms with Gasteiger partial charge in [0, 0.05) is 17.3 Å². The summed E-state index contributed by atoms with van der Waals surface area (Å²) in [5.41, 5.74) is 8.78. The first-order valence-corrected chi connectivity index (χ1v) is 10.7. The molecule has 1 atom stereocenters. The maximum atomic E-state index is 12.7. The first kappa shape index (κ1) is 20.7. The zero-order chi connectivity index (χ0) is 22.0. The van der Waals surface area contributed by atoms with E-state index in [1.54, 1.807) is 0 Å². The molecule has 0 saturated heterocycles. The zero-order valence-corrected chi connectivity index (χ0v) is 18.5. The highest BCUT2D eigenvalue weighted by Gasteiger charge is 2.12. The van der Waals surface area contributed by atoms with Crippen LogP contribution in [0.5, 0.6) is 0 Å². The van der Waals surface area contributed by atoms with Crippen LogP contribution in [0.2, 0.25) is 0 Å². The maximum absolute atomic E-state index is 12.7. The van der Waals surface area contributed by atoms with Crippen LogP contribution in [0, 0.1) is 13.8 Å². The molecule has 0 fully saturated rings. The lowest BCUT2D eigenvalue weighted by Gasteiger charge is -2.15. The molecule has 156 valence electrons. The quantitative estimate of drug-likeness (QED) is 0.353. The minimum atomic E-state index is -0.0459. The number of carbonyl (C=O) groups excluding carboxylic acids is 1. The SMILES string of the molecule is C/C(=C\c1cc(C)c(-c2ccc3[nH]ccc3c2)cc1C)C(=O)N[C@@H](C)c1ccccc1. The monoisotopic (exact) mass is 408 g/mol. The van der Waals surface area contributed by atoms with Gasteiger partial charge in [0.25, 0.3) is 0 Å². The number of aromatic amines is 1. The van der Waals surface area contributed by atoms with Gasteiger partial charge < -0.3 is 10.3 Å². The van der Waals surface area contributed by atoms with Crippen molar-refractivity contribution in [3.05, 3.63) is 101 Å². The molecule has 2 N–H and O–H groups in total. The standard InChI is InChI=1S/C28H28N2O/c1-18-16-26(23-10-11-27-24(17-23)12-13-29-27)19(2)14-25(18)15-20(3)28(31)30-21(4)22-8-6-5-7-9-22/h5-17,21,29H,1-4H3,(H,30,31)/b20-15+/t21-/m0/s1. The number of aryl methyl sites for hydroxylation is 2. The highest BCUT2D eigenvalue weighted by atomic mass is 16.1. The molecule has 4 aromatic rings. The Morgan fingerprint density at radius 2 is 1.74 bits per heavy atom. The number of amides is 1. The second kappa shape index (κ2) is 8.65. The van der Waals surface area contributed by atoms with Gasteiger partial charge in [0.2, 0.25) is 5.91 Å². The fourth-order valence-electron chi connectivity index (χ4n) is 3.96.